The summed E-state index contributed by atoms with van der Waals surface area (Å²) in [6.45, 7) is 0.698. The zero-order valence-electron chi connectivity index (χ0n) is 13.7. The lowest BCUT2D eigenvalue weighted by molar-refractivity contribution is 0.355. The Morgan fingerprint density at radius 2 is 2.00 bits per heavy atom. The molecule has 0 amide bonds. The number of imidazole rings is 1. The van der Waals surface area contributed by atoms with Gasteiger partial charge >= 0.3 is 0 Å². The fourth-order valence-electron chi connectivity index (χ4n) is 2.71. The topological polar surface area (TPSA) is 73.0 Å². The van der Waals surface area contributed by atoms with Gasteiger partial charge in [0.25, 0.3) is 0 Å². The fraction of sp³-hybridized carbons (Fsp3) is 0.278. The first-order valence-corrected chi connectivity index (χ1v) is 7.68. The standard InChI is InChI=1S/C18H18N4O2/c1-23-16-10-14-15(11-17(16)24-2)22(9-4-3-7-19)18(21-14)13-6-5-8-20-12-13/h5-6,8,10-12H,3-4,9H2,1-2H3. The van der Waals surface area contributed by atoms with Crippen LogP contribution in [0, 0.1) is 11.3 Å². The van der Waals surface area contributed by atoms with Crippen LogP contribution >= 0.6 is 0 Å². The van der Waals surface area contributed by atoms with Gasteiger partial charge in [-0.25, -0.2) is 4.98 Å². The average Bonchev–Trinajstić information content (AvgIpc) is 2.99. The number of hydrogen-bond donors (Lipinski definition) is 0. The highest BCUT2D eigenvalue weighted by molar-refractivity contribution is 5.84. The molecule has 3 aromatic rings. The Balaban J connectivity index is 2.18. The number of aromatic nitrogens is 3. The molecule has 2 heterocycles. The predicted molar refractivity (Wildman–Crippen MR) is 90.9 cm³/mol. The van der Waals surface area contributed by atoms with Crippen molar-refractivity contribution in [1.82, 2.24) is 14.5 Å². The summed E-state index contributed by atoms with van der Waals surface area (Å²) in [7, 11) is 3.22. The molecule has 24 heavy (non-hydrogen) atoms. The molecule has 2 aromatic heterocycles. The summed E-state index contributed by atoms with van der Waals surface area (Å²) >= 11 is 0. The molecule has 122 valence electrons. The maximum Gasteiger partial charge on any atom is 0.163 e. The number of benzene rings is 1. The molecule has 0 saturated carbocycles. The molecule has 0 N–H and O–H groups in total. The molecule has 3 rings (SSSR count). The van der Waals surface area contributed by atoms with Gasteiger partial charge in [-0.3, -0.25) is 4.98 Å². The van der Waals surface area contributed by atoms with E-state index in [0.29, 0.717) is 24.5 Å². The van der Waals surface area contributed by atoms with Crippen molar-refractivity contribution in [2.75, 3.05) is 14.2 Å². The lowest BCUT2D eigenvalue weighted by Crippen LogP contribution is -2.01. The Labute approximate surface area is 140 Å². The van der Waals surface area contributed by atoms with E-state index in [-0.39, 0.29) is 0 Å². The van der Waals surface area contributed by atoms with Crippen LogP contribution in [-0.2, 0) is 6.54 Å². The first kappa shape index (κ1) is 15.8. The summed E-state index contributed by atoms with van der Waals surface area (Å²) in [5.41, 5.74) is 2.71. The maximum atomic E-state index is 8.82. The molecule has 6 heteroatoms. The van der Waals surface area contributed by atoms with E-state index in [2.05, 4.69) is 15.6 Å². The number of aryl methyl sites for hydroxylation is 1. The highest BCUT2D eigenvalue weighted by Crippen LogP contribution is 2.34. The summed E-state index contributed by atoms with van der Waals surface area (Å²) in [6, 6.07) is 9.84. The van der Waals surface area contributed by atoms with E-state index in [1.54, 1.807) is 26.6 Å². The lowest BCUT2D eigenvalue weighted by Gasteiger charge is -2.10. The monoisotopic (exact) mass is 322 g/mol. The molecule has 0 aliphatic rings. The predicted octanol–water partition coefficient (Wildman–Crippen LogP) is 3.42. The van der Waals surface area contributed by atoms with Gasteiger partial charge in [-0.15, -0.1) is 0 Å². The van der Waals surface area contributed by atoms with E-state index >= 15 is 0 Å². The van der Waals surface area contributed by atoms with Crippen LogP contribution in [0.25, 0.3) is 22.4 Å². The second kappa shape index (κ2) is 7.01. The fourth-order valence-corrected chi connectivity index (χ4v) is 2.71. The van der Waals surface area contributed by atoms with E-state index in [4.69, 9.17) is 19.7 Å². The zero-order valence-corrected chi connectivity index (χ0v) is 13.7. The van der Waals surface area contributed by atoms with Crippen molar-refractivity contribution in [1.29, 1.82) is 5.26 Å². The molecule has 1 aromatic carbocycles. The van der Waals surface area contributed by atoms with Gasteiger partial charge in [-0.2, -0.15) is 5.26 Å². The van der Waals surface area contributed by atoms with E-state index < -0.39 is 0 Å². The van der Waals surface area contributed by atoms with E-state index in [1.165, 1.54) is 0 Å². The van der Waals surface area contributed by atoms with Gasteiger partial charge in [0.2, 0.25) is 0 Å². The van der Waals surface area contributed by atoms with Crippen LogP contribution in [0.3, 0.4) is 0 Å². The van der Waals surface area contributed by atoms with Crippen LogP contribution in [0.5, 0.6) is 11.5 Å². The van der Waals surface area contributed by atoms with Crippen molar-refractivity contribution in [3.8, 4) is 29.0 Å². The van der Waals surface area contributed by atoms with Crippen LogP contribution in [-0.4, -0.2) is 28.8 Å². The molecule has 0 fully saturated rings. The molecule has 0 radical (unpaired) electrons. The highest BCUT2D eigenvalue weighted by atomic mass is 16.5. The van der Waals surface area contributed by atoms with Gasteiger partial charge in [0.1, 0.15) is 5.82 Å². The van der Waals surface area contributed by atoms with Gasteiger partial charge in [-0.1, -0.05) is 0 Å². The molecule has 0 bridgehead atoms. The van der Waals surface area contributed by atoms with Crippen LogP contribution in [0.4, 0.5) is 0 Å². The van der Waals surface area contributed by atoms with E-state index in [9.17, 15) is 0 Å². The molecule has 0 atom stereocenters. The third-order valence-electron chi connectivity index (χ3n) is 3.84. The van der Waals surface area contributed by atoms with Gasteiger partial charge in [0.15, 0.2) is 11.5 Å². The molecule has 0 aliphatic carbocycles. The highest BCUT2D eigenvalue weighted by Gasteiger charge is 2.16. The number of nitrogens with zero attached hydrogens (tertiary/aromatic N) is 4. The Morgan fingerprint density at radius 1 is 1.21 bits per heavy atom. The summed E-state index contributed by atoms with van der Waals surface area (Å²) in [6.07, 6.45) is 4.78. The molecule has 6 nitrogen and oxygen atoms in total. The smallest absolute Gasteiger partial charge is 0.163 e. The van der Waals surface area contributed by atoms with Crippen molar-refractivity contribution in [2.24, 2.45) is 0 Å². The largest absolute Gasteiger partial charge is 0.493 e. The number of fused-ring (bicyclic) bond motifs is 1. The number of rotatable bonds is 6. The summed E-state index contributed by atoms with van der Waals surface area (Å²) in [4.78, 5) is 8.93. The van der Waals surface area contributed by atoms with Crippen LogP contribution < -0.4 is 9.47 Å². The summed E-state index contributed by atoms with van der Waals surface area (Å²) in [5.74, 6) is 2.12. The Morgan fingerprint density at radius 3 is 2.67 bits per heavy atom. The summed E-state index contributed by atoms with van der Waals surface area (Å²) in [5, 5.41) is 8.82. The molecule has 0 saturated heterocycles. The minimum absolute atomic E-state index is 0.499. The SMILES string of the molecule is COc1cc2nc(-c3cccnc3)n(CCCC#N)c2cc1OC. The molecular weight excluding hydrogens is 304 g/mol. The van der Waals surface area contributed by atoms with Crippen LogP contribution in [0.2, 0.25) is 0 Å². The number of methoxy groups -OCH3 is 2. The first-order valence-electron chi connectivity index (χ1n) is 7.68. The number of nitriles is 1. The minimum atomic E-state index is 0.499. The van der Waals surface area contributed by atoms with Crippen molar-refractivity contribution in [3.63, 3.8) is 0 Å². The number of pyridine rings is 1. The third-order valence-corrected chi connectivity index (χ3v) is 3.84. The zero-order chi connectivity index (χ0) is 16.9. The maximum absolute atomic E-state index is 8.82. The van der Waals surface area contributed by atoms with E-state index in [1.807, 2.05) is 24.3 Å². The van der Waals surface area contributed by atoms with Gasteiger partial charge in [-0.05, 0) is 18.6 Å². The van der Waals surface area contributed by atoms with Crippen molar-refractivity contribution in [2.45, 2.75) is 19.4 Å². The van der Waals surface area contributed by atoms with Crippen molar-refractivity contribution < 1.29 is 9.47 Å². The molecule has 0 spiro atoms. The van der Waals surface area contributed by atoms with Gasteiger partial charge in [0, 0.05) is 43.1 Å². The second-order valence-corrected chi connectivity index (χ2v) is 5.29. The Bertz CT molecular complexity index is 881. The molecule has 0 aliphatic heterocycles. The lowest BCUT2D eigenvalue weighted by atomic mass is 10.2. The van der Waals surface area contributed by atoms with Gasteiger partial charge < -0.3 is 14.0 Å². The quantitative estimate of drug-likeness (QED) is 0.650. The number of ether oxygens (including phenoxy) is 2. The molecular formula is C18H18N4O2. The number of hydrogen-bond acceptors (Lipinski definition) is 5. The second-order valence-electron chi connectivity index (χ2n) is 5.29. The first-order chi connectivity index (χ1) is 11.8. The van der Waals surface area contributed by atoms with Gasteiger partial charge in [0.05, 0.1) is 31.3 Å². The Hall–Kier alpha value is -3.07. The average molecular weight is 322 g/mol. The Kier molecular flexibility index (Phi) is 4.62. The van der Waals surface area contributed by atoms with Crippen molar-refractivity contribution in [3.05, 3.63) is 36.7 Å². The third kappa shape index (κ3) is 2.88. The van der Waals surface area contributed by atoms with E-state index in [0.717, 1.165) is 28.8 Å². The van der Waals surface area contributed by atoms with Crippen LogP contribution in [0.1, 0.15) is 12.8 Å². The van der Waals surface area contributed by atoms with Crippen molar-refractivity contribution >= 4 is 11.0 Å². The summed E-state index contributed by atoms with van der Waals surface area (Å²) < 4.78 is 12.9. The van der Waals surface area contributed by atoms with Crippen LogP contribution in [0.15, 0.2) is 36.7 Å². The normalized spacial score (nSPS) is 10.5. The number of unbranched alkanes of at least 4 members (excludes halogenated alkanes) is 1. The molecule has 0 unspecified atom stereocenters. The minimum Gasteiger partial charge on any atom is -0.493 e.